The highest BCUT2D eigenvalue weighted by molar-refractivity contribution is 5.30. The van der Waals surface area contributed by atoms with E-state index in [2.05, 4.69) is 42.7 Å². The first-order valence-corrected chi connectivity index (χ1v) is 4.22. The molecule has 2 aliphatic rings. The summed E-state index contributed by atoms with van der Waals surface area (Å²) in [6.45, 7) is 2.21. The van der Waals surface area contributed by atoms with Crippen LogP contribution in [0.4, 0.5) is 0 Å². The normalized spacial score (nSPS) is 33.0. The summed E-state index contributed by atoms with van der Waals surface area (Å²) in [5, 5.41) is 3.36. The maximum atomic E-state index is 3.36. The lowest BCUT2D eigenvalue weighted by atomic mass is 9.90. The summed E-state index contributed by atoms with van der Waals surface area (Å²) in [7, 11) is 0. The molecule has 0 aromatic heterocycles. The van der Waals surface area contributed by atoms with Crippen LogP contribution < -0.4 is 5.32 Å². The quantitative estimate of drug-likeness (QED) is 0.598. The van der Waals surface area contributed by atoms with Crippen LogP contribution in [0.5, 0.6) is 0 Å². The average Bonchev–Trinajstić information content (AvgIpc) is 2.47. The number of allylic oxidation sites excluding steroid dienone is 2. The fraction of sp³-hybridized carbons (Fsp3) is 0.400. The number of fused-ring (bicyclic) bond motifs is 1. The van der Waals surface area contributed by atoms with Gasteiger partial charge in [-0.05, 0) is 18.2 Å². The number of hydrogen-bond acceptors (Lipinski definition) is 1. The topological polar surface area (TPSA) is 12.0 Å². The molecule has 0 saturated heterocycles. The van der Waals surface area contributed by atoms with Crippen LogP contribution in [0.1, 0.15) is 13.3 Å². The zero-order valence-corrected chi connectivity index (χ0v) is 6.75. The van der Waals surface area contributed by atoms with E-state index in [1.54, 1.807) is 0 Å². The van der Waals surface area contributed by atoms with Gasteiger partial charge in [-0.25, -0.2) is 0 Å². The second-order valence-electron chi connectivity index (χ2n) is 3.06. The summed E-state index contributed by atoms with van der Waals surface area (Å²) in [6, 6.07) is 0.537. The van der Waals surface area contributed by atoms with Crippen molar-refractivity contribution in [1.29, 1.82) is 0 Å². The third-order valence-electron chi connectivity index (χ3n) is 2.43. The van der Waals surface area contributed by atoms with Gasteiger partial charge in [-0.1, -0.05) is 31.2 Å². The Morgan fingerprint density at radius 1 is 1.36 bits per heavy atom. The molecule has 1 aliphatic heterocycles. The first-order valence-electron chi connectivity index (χ1n) is 4.22. The van der Waals surface area contributed by atoms with Gasteiger partial charge in [-0.15, -0.1) is 0 Å². The highest BCUT2D eigenvalue weighted by Crippen LogP contribution is 2.27. The van der Waals surface area contributed by atoms with Gasteiger partial charge >= 0.3 is 0 Å². The maximum Gasteiger partial charge on any atom is 0.0542 e. The molecule has 0 fully saturated rings. The Morgan fingerprint density at radius 3 is 3.00 bits per heavy atom. The fourth-order valence-corrected chi connectivity index (χ4v) is 1.76. The second kappa shape index (κ2) is 2.57. The van der Waals surface area contributed by atoms with Crippen molar-refractivity contribution < 1.29 is 0 Å². The lowest BCUT2D eigenvalue weighted by Gasteiger charge is -2.17. The molecule has 1 heterocycles. The van der Waals surface area contributed by atoms with E-state index in [0.717, 1.165) is 6.42 Å². The van der Waals surface area contributed by atoms with Crippen molar-refractivity contribution in [3.05, 3.63) is 36.1 Å². The Morgan fingerprint density at radius 2 is 2.18 bits per heavy atom. The van der Waals surface area contributed by atoms with Crippen molar-refractivity contribution in [1.82, 2.24) is 5.32 Å². The molecule has 58 valence electrons. The summed E-state index contributed by atoms with van der Waals surface area (Å²) in [4.78, 5) is 0. The van der Waals surface area contributed by atoms with E-state index >= 15 is 0 Å². The summed E-state index contributed by atoms with van der Waals surface area (Å²) in [5.41, 5.74) is 1.52. The van der Waals surface area contributed by atoms with Gasteiger partial charge in [0, 0.05) is 5.92 Å². The highest BCUT2D eigenvalue weighted by Gasteiger charge is 2.24. The van der Waals surface area contributed by atoms with Crippen LogP contribution in [0, 0.1) is 5.92 Å². The third-order valence-corrected chi connectivity index (χ3v) is 2.43. The molecule has 1 N–H and O–H groups in total. The molecule has 11 heavy (non-hydrogen) atoms. The third kappa shape index (κ3) is 1.01. The van der Waals surface area contributed by atoms with E-state index < -0.39 is 0 Å². The van der Waals surface area contributed by atoms with E-state index in [4.69, 9.17) is 0 Å². The molecule has 2 rings (SSSR count). The van der Waals surface area contributed by atoms with Crippen molar-refractivity contribution in [3.8, 4) is 0 Å². The number of rotatable bonds is 1. The molecular formula is C10H13N. The summed E-state index contributed by atoms with van der Waals surface area (Å²) < 4.78 is 0. The number of nitrogens with one attached hydrogen (secondary N) is 1. The van der Waals surface area contributed by atoms with E-state index in [0.29, 0.717) is 12.0 Å². The molecule has 1 heteroatoms. The Balaban J connectivity index is 2.20. The molecule has 0 radical (unpaired) electrons. The SMILES string of the molecule is CCC1=CNC2C=CC=CC12. The Bertz CT molecular complexity index is 235. The fourth-order valence-electron chi connectivity index (χ4n) is 1.76. The first kappa shape index (κ1) is 6.71. The van der Waals surface area contributed by atoms with E-state index in [1.807, 2.05) is 0 Å². The van der Waals surface area contributed by atoms with Crippen LogP contribution in [0.15, 0.2) is 36.1 Å². The molecule has 0 bridgehead atoms. The molecule has 0 spiro atoms. The van der Waals surface area contributed by atoms with Crippen LogP contribution in [-0.4, -0.2) is 6.04 Å². The van der Waals surface area contributed by atoms with E-state index in [-0.39, 0.29) is 0 Å². The minimum absolute atomic E-state index is 0.537. The van der Waals surface area contributed by atoms with Crippen LogP contribution >= 0.6 is 0 Å². The van der Waals surface area contributed by atoms with Gasteiger partial charge in [0.1, 0.15) is 0 Å². The molecule has 0 amide bonds. The van der Waals surface area contributed by atoms with Gasteiger partial charge in [-0.3, -0.25) is 0 Å². The summed E-state index contributed by atoms with van der Waals surface area (Å²) >= 11 is 0. The van der Waals surface area contributed by atoms with Crippen molar-refractivity contribution >= 4 is 0 Å². The van der Waals surface area contributed by atoms with Gasteiger partial charge < -0.3 is 5.32 Å². The van der Waals surface area contributed by atoms with Gasteiger partial charge in [0.15, 0.2) is 0 Å². The molecular weight excluding hydrogens is 134 g/mol. The first-order chi connectivity index (χ1) is 5.42. The lowest BCUT2D eigenvalue weighted by Crippen LogP contribution is -2.24. The second-order valence-corrected chi connectivity index (χ2v) is 3.06. The van der Waals surface area contributed by atoms with Crippen LogP contribution in [0.25, 0.3) is 0 Å². The highest BCUT2D eigenvalue weighted by atomic mass is 14.9. The van der Waals surface area contributed by atoms with Crippen molar-refractivity contribution in [2.24, 2.45) is 5.92 Å². The standard InChI is InChI=1S/C10H13N/c1-2-8-7-11-10-6-4-3-5-9(8)10/h3-7,9-11H,2H2,1H3. The molecule has 2 unspecified atom stereocenters. The Kier molecular flexibility index (Phi) is 1.57. The zero-order valence-electron chi connectivity index (χ0n) is 6.75. The van der Waals surface area contributed by atoms with E-state index in [1.165, 1.54) is 5.57 Å². The maximum absolute atomic E-state index is 3.36. The van der Waals surface area contributed by atoms with Crippen molar-refractivity contribution in [3.63, 3.8) is 0 Å². The molecule has 1 aliphatic carbocycles. The van der Waals surface area contributed by atoms with Crippen molar-refractivity contribution in [2.75, 3.05) is 0 Å². The largest absolute Gasteiger partial charge is 0.384 e. The molecule has 1 nitrogen and oxygen atoms in total. The Labute approximate surface area is 67.5 Å². The van der Waals surface area contributed by atoms with E-state index in [9.17, 15) is 0 Å². The van der Waals surface area contributed by atoms with Crippen LogP contribution in [-0.2, 0) is 0 Å². The molecule has 0 aromatic carbocycles. The zero-order chi connectivity index (χ0) is 7.68. The summed E-state index contributed by atoms with van der Waals surface area (Å²) in [5.74, 6) is 0.630. The van der Waals surface area contributed by atoms with Gasteiger partial charge in [0.25, 0.3) is 0 Å². The molecule has 0 aromatic rings. The molecule has 2 atom stereocenters. The monoisotopic (exact) mass is 147 g/mol. The minimum atomic E-state index is 0.537. The average molecular weight is 147 g/mol. The minimum Gasteiger partial charge on any atom is -0.384 e. The molecule has 0 saturated carbocycles. The van der Waals surface area contributed by atoms with Gasteiger partial charge in [0.05, 0.1) is 6.04 Å². The number of hydrogen-bond donors (Lipinski definition) is 1. The van der Waals surface area contributed by atoms with Crippen LogP contribution in [0.3, 0.4) is 0 Å². The van der Waals surface area contributed by atoms with Crippen molar-refractivity contribution in [2.45, 2.75) is 19.4 Å². The van der Waals surface area contributed by atoms with Crippen LogP contribution in [0.2, 0.25) is 0 Å². The predicted octanol–water partition coefficient (Wildman–Crippen LogP) is 1.99. The predicted molar refractivity (Wildman–Crippen MR) is 47.1 cm³/mol. The van der Waals surface area contributed by atoms with Gasteiger partial charge in [-0.2, -0.15) is 0 Å². The summed E-state index contributed by atoms with van der Waals surface area (Å²) in [6.07, 6.45) is 12.1. The van der Waals surface area contributed by atoms with Gasteiger partial charge in [0.2, 0.25) is 0 Å². The smallest absolute Gasteiger partial charge is 0.0542 e. The lowest BCUT2D eigenvalue weighted by molar-refractivity contribution is 0.623. The Hall–Kier alpha value is -0.980.